The van der Waals surface area contributed by atoms with E-state index < -0.39 is 15.8 Å². The Labute approximate surface area is 170 Å². The molecule has 0 aromatic heterocycles. The molecule has 0 aliphatic heterocycles. The lowest BCUT2D eigenvalue weighted by molar-refractivity contribution is -0.385. The molecule has 0 bridgehead atoms. The molecule has 0 aliphatic carbocycles. The van der Waals surface area contributed by atoms with E-state index in [-0.39, 0.29) is 41.2 Å². The number of hydrogen-bond acceptors (Lipinski definition) is 7. The maximum atomic E-state index is 12.7. The Balaban J connectivity index is 2.26. The van der Waals surface area contributed by atoms with Crippen LogP contribution in [0.1, 0.15) is 29.3 Å². The van der Waals surface area contributed by atoms with Crippen molar-refractivity contribution in [3.63, 3.8) is 0 Å². The summed E-state index contributed by atoms with van der Waals surface area (Å²) >= 11 is 5.77. The molecule has 29 heavy (non-hydrogen) atoms. The third-order valence-electron chi connectivity index (χ3n) is 4.19. The van der Waals surface area contributed by atoms with E-state index in [1.807, 2.05) is 6.92 Å². The summed E-state index contributed by atoms with van der Waals surface area (Å²) in [4.78, 5) is 33.5. The number of nitrogens with one attached hydrogen (secondary N) is 2. The molecule has 1 amide bonds. The molecule has 2 aromatic carbocycles. The first-order valence-corrected chi connectivity index (χ1v) is 9.01. The number of halogens is 1. The SMILES string of the molecule is CC[C@H](CO)Nc1ccc([N+](=O)[O-])cc1C(=O)NCc1ccc(Cl)c([N+](=O)[O-])c1. The topological polar surface area (TPSA) is 148 Å². The van der Waals surface area contributed by atoms with Gasteiger partial charge in [-0.05, 0) is 24.1 Å². The number of nitrogens with zero attached hydrogens (tertiary/aromatic N) is 2. The minimum Gasteiger partial charge on any atom is -0.394 e. The van der Waals surface area contributed by atoms with E-state index in [0.29, 0.717) is 17.7 Å². The number of aliphatic hydroxyl groups excluding tert-OH is 1. The lowest BCUT2D eigenvalue weighted by atomic mass is 10.1. The molecular formula is C18H19ClN4O6. The van der Waals surface area contributed by atoms with Gasteiger partial charge in [-0.15, -0.1) is 0 Å². The first-order valence-electron chi connectivity index (χ1n) is 8.63. The third kappa shape index (κ3) is 5.62. The van der Waals surface area contributed by atoms with Crippen molar-refractivity contribution >= 4 is 34.6 Å². The first kappa shape index (κ1) is 22.1. The van der Waals surface area contributed by atoms with Crippen molar-refractivity contribution in [1.29, 1.82) is 0 Å². The highest BCUT2D eigenvalue weighted by Crippen LogP contribution is 2.26. The van der Waals surface area contributed by atoms with Crippen molar-refractivity contribution < 1.29 is 19.7 Å². The third-order valence-corrected chi connectivity index (χ3v) is 4.51. The summed E-state index contributed by atoms with van der Waals surface area (Å²) in [6.07, 6.45) is 0.572. The molecule has 0 spiro atoms. The lowest BCUT2D eigenvalue weighted by Crippen LogP contribution is -2.27. The Morgan fingerprint density at radius 3 is 2.48 bits per heavy atom. The van der Waals surface area contributed by atoms with Gasteiger partial charge in [0, 0.05) is 36.5 Å². The maximum absolute atomic E-state index is 12.7. The van der Waals surface area contributed by atoms with Crippen molar-refractivity contribution in [3.8, 4) is 0 Å². The summed E-state index contributed by atoms with van der Waals surface area (Å²) in [6.45, 7) is 1.62. The smallest absolute Gasteiger partial charge is 0.288 e. The van der Waals surface area contributed by atoms with E-state index >= 15 is 0 Å². The number of anilines is 1. The fraction of sp³-hybridized carbons (Fsp3) is 0.278. The fourth-order valence-electron chi connectivity index (χ4n) is 2.54. The van der Waals surface area contributed by atoms with Crippen molar-refractivity contribution in [2.45, 2.75) is 25.9 Å². The minimum atomic E-state index is -0.629. The van der Waals surface area contributed by atoms with Crippen molar-refractivity contribution in [3.05, 3.63) is 72.8 Å². The van der Waals surface area contributed by atoms with Crippen LogP contribution in [0.15, 0.2) is 36.4 Å². The number of rotatable bonds is 9. The highest BCUT2D eigenvalue weighted by molar-refractivity contribution is 6.32. The molecule has 0 heterocycles. The van der Waals surface area contributed by atoms with Crippen molar-refractivity contribution in [2.24, 2.45) is 0 Å². The second kappa shape index (κ2) is 9.80. The monoisotopic (exact) mass is 422 g/mol. The summed E-state index contributed by atoms with van der Waals surface area (Å²) < 4.78 is 0. The van der Waals surface area contributed by atoms with Gasteiger partial charge < -0.3 is 15.7 Å². The minimum absolute atomic E-state index is 0.0227. The lowest BCUT2D eigenvalue weighted by Gasteiger charge is -2.18. The molecule has 0 radical (unpaired) electrons. The van der Waals surface area contributed by atoms with Crippen LogP contribution >= 0.6 is 11.6 Å². The van der Waals surface area contributed by atoms with E-state index in [1.54, 1.807) is 0 Å². The van der Waals surface area contributed by atoms with Crippen LogP contribution < -0.4 is 10.6 Å². The average Bonchev–Trinajstić information content (AvgIpc) is 2.70. The van der Waals surface area contributed by atoms with E-state index in [1.165, 1.54) is 30.3 Å². The molecule has 0 saturated heterocycles. The molecule has 2 rings (SSSR count). The standard InChI is InChI=1S/C18H19ClN4O6/c1-2-12(10-24)21-16-6-4-13(22(26)27)8-14(16)18(25)20-9-11-3-5-15(19)17(7-11)23(28)29/h3-8,12,21,24H,2,9-10H2,1H3,(H,20,25)/t12-/m1/s1. The molecule has 0 aliphatic rings. The molecule has 154 valence electrons. The maximum Gasteiger partial charge on any atom is 0.288 e. The Morgan fingerprint density at radius 2 is 1.90 bits per heavy atom. The summed E-state index contributed by atoms with van der Waals surface area (Å²) in [5.41, 5.74) is 0.242. The zero-order chi connectivity index (χ0) is 21.6. The summed E-state index contributed by atoms with van der Waals surface area (Å²) in [7, 11) is 0. The molecule has 11 heteroatoms. The Hall–Kier alpha value is -3.24. The number of aliphatic hydroxyl groups is 1. The second-order valence-corrected chi connectivity index (χ2v) is 6.55. The largest absolute Gasteiger partial charge is 0.394 e. The fourth-order valence-corrected chi connectivity index (χ4v) is 2.73. The Kier molecular flexibility index (Phi) is 7.46. The number of nitro benzene ring substituents is 2. The van der Waals surface area contributed by atoms with Crippen LogP contribution in [-0.2, 0) is 6.54 Å². The van der Waals surface area contributed by atoms with Crippen LogP contribution in [0.2, 0.25) is 5.02 Å². The van der Waals surface area contributed by atoms with Gasteiger partial charge in [-0.25, -0.2) is 0 Å². The first-order chi connectivity index (χ1) is 13.8. The zero-order valence-corrected chi connectivity index (χ0v) is 16.2. The van der Waals surface area contributed by atoms with E-state index in [9.17, 15) is 30.1 Å². The van der Waals surface area contributed by atoms with Gasteiger partial charge in [0.2, 0.25) is 0 Å². The number of carbonyl (C=O) groups excluding carboxylic acids is 1. The van der Waals surface area contributed by atoms with Gasteiger partial charge in [0.25, 0.3) is 17.3 Å². The van der Waals surface area contributed by atoms with Crippen LogP contribution in [0.4, 0.5) is 17.1 Å². The number of hydrogen-bond donors (Lipinski definition) is 3. The van der Waals surface area contributed by atoms with Crippen molar-refractivity contribution in [2.75, 3.05) is 11.9 Å². The number of amides is 1. The number of carbonyl (C=O) groups is 1. The normalized spacial score (nSPS) is 11.6. The molecule has 1 atom stereocenters. The van der Waals surface area contributed by atoms with Gasteiger partial charge in [0.1, 0.15) is 5.02 Å². The van der Waals surface area contributed by atoms with Gasteiger partial charge in [-0.1, -0.05) is 24.6 Å². The number of non-ortho nitro benzene ring substituents is 1. The quantitative estimate of drug-likeness (QED) is 0.414. The van der Waals surface area contributed by atoms with Gasteiger partial charge in [-0.2, -0.15) is 0 Å². The van der Waals surface area contributed by atoms with Crippen LogP contribution in [0.3, 0.4) is 0 Å². The molecule has 0 fully saturated rings. The van der Waals surface area contributed by atoms with Crippen molar-refractivity contribution in [1.82, 2.24) is 5.32 Å². The Bertz CT molecular complexity index is 933. The predicted octanol–water partition coefficient (Wildman–Crippen LogP) is 3.27. The molecule has 2 aromatic rings. The molecule has 10 nitrogen and oxygen atoms in total. The van der Waals surface area contributed by atoms with E-state index in [2.05, 4.69) is 10.6 Å². The van der Waals surface area contributed by atoms with Crippen LogP contribution in [0.5, 0.6) is 0 Å². The Morgan fingerprint density at radius 1 is 1.17 bits per heavy atom. The molecule has 0 unspecified atom stereocenters. The average molecular weight is 423 g/mol. The highest BCUT2D eigenvalue weighted by Gasteiger charge is 2.19. The number of nitro groups is 2. The summed E-state index contributed by atoms with van der Waals surface area (Å²) in [5, 5.41) is 37.0. The zero-order valence-electron chi connectivity index (χ0n) is 15.4. The molecule has 3 N–H and O–H groups in total. The molecule has 0 saturated carbocycles. The molecular weight excluding hydrogens is 404 g/mol. The van der Waals surface area contributed by atoms with Crippen LogP contribution in [-0.4, -0.2) is 33.5 Å². The van der Waals surface area contributed by atoms with Gasteiger partial charge in [0.15, 0.2) is 0 Å². The number of benzene rings is 2. The van der Waals surface area contributed by atoms with E-state index in [0.717, 1.165) is 6.07 Å². The van der Waals surface area contributed by atoms with Crippen LogP contribution in [0, 0.1) is 20.2 Å². The van der Waals surface area contributed by atoms with Gasteiger partial charge in [-0.3, -0.25) is 25.0 Å². The van der Waals surface area contributed by atoms with E-state index in [4.69, 9.17) is 11.6 Å². The van der Waals surface area contributed by atoms with Gasteiger partial charge in [0.05, 0.1) is 22.0 Å². The van der Waals surface area contributed by atoms with Crippen LogP contribution in [0.25, 0.3) is 0 Å². The van der Waals surface area contributed by atoms with Gasteiger partial charge >= 0.3 is 0 Å². The summed E-state index contributed by atoms with van der Waals surface area (Å²) in [5.74, 6) is -0.610. The second-order valence-electron chi connectivity index (χ2n) is 6.14. The highest BCUT2D eigenvalue weighted by atomic mass is 35.5. The predicted molar refractivity (Wildman–Crippen MR) is 107 cm³/mol. The summed E-state index contributed by atoms with van der Waals surface area (Å²) in [6, 6.07) is 7.59.